The molecule has 2 aromatic rings. The molecule has 0 aromatic heterocycles. The van der Waals surface area contributed by atoms with Gasteiger partial charge in [0.05, 0.1) is 18.2 Å². The number of nitrogens with zero attached hydrogens (tertiary/aromatic N) is 1. The molecule has 8 heteroatoms. The van der Waals surface area contributed by atoms with Crippen LogP contribution in [0.4, 0.5) is 5.69 Å². The summed E-state index contributed by atoms with van der Waals surface area (Å²) in [5, 5.41) is 14.2. The number of benzene rings is 2. The van der Waals surface area contributed by atoms with Crippen LogP contribution in [0.25, 0.3) is 0 Å². The smallest absolute Gasteiger partial charge is 0.242 e. The topological polar surface area (TPSA) is 92.5 Å². The fourth-order valence-electron chi connectivity index (χ4n) is 4.72. The lowest BCUT2D eigenvalue weighted by molar-refractivity contribution is -0.131. The number of hydrogen-bond acceptors (Lipinski definition) is 7. The van der Waals surface area contributed by atoms with E-state index < -0.39 is 0 Å². The average molecular weight is 422 g/mol. The largest absolute Gasteiger partial charge is 0.369 e. The quantitative estimate of drug-likeness (QED) is 0.415. The first-order valence-electron chi connectivity index (χ1n) is 11.1. The van der Waals surface area contributed by atoms with Crippen LogP contribution in [0.3, 0.4) is 0 Å². The standard InChI is InChI=1S/C23H31N7O/c31-23-20-19(14-25-29-23)27-21(17-4-2-1-3-5-17)28-22(20)26-18-8-6-16(7-9-18)15-30-12-10-24-11-13-30/h1-9,19-22,24-28H,10-15H2,(H,29,31). The SMILES string of the molecule is O=C1NNCC2NC(c3ccccc3)NC(Nc3ccc(CN4CCNCC4)cc3)C12. The molecule has 3 heterocycles. The van der Waals surface area contributed by atoms with Gasteiger partial charge in [-0.2, -0.15) is 0 Å². The Morgan fingerprint density at radius 3 is 2.52 bits per heavy atom. The van der Waals surface area contributed by atoms with Crippen molar-refractivity contribution in [1.29, 1.82) is 0 Å². The highest BCUT2D eigenvalue weighted by molar-refractivity contribution is 5.81. The molecule has 164 valence electrons. The third kappa shape index (κ3) is 4.73. The molecule has 3 fully saturated rings. The van der Waals surface area contributed by atoms with Crippen molar-refractivity contribution in [2.75, 3.05) is 38.0 Å². The van der Waals surface area contributed by atoms with Gasteiger partial charge in [-0.05, 0) is 23.3 Å². The molecule has 3 aliphatic rings. The van der Waals surface area contributed by atoms with Crippen molar-refractivity contribution in [2.24, 2.45) is 5.92 Å². The zero-order chi connectivity index (χ0) is 21.0. The highest BCUT2D eigenvalue weighted by Gasteiger charge is 2.43. The number of hydrogen-bond donors (Lipinski definition) is 6. The van der Waals surface area contributed by atoms with E-state index in [-0.39, 0.29) is 30.2 Å². The van der Waals surface area contributed by atoms with Crippen LogP contribution in [0.1, 0.15) is 17.3 Å². The van der Waals surface area contributed by atoms with Crippen LogP contribution in [-0.2, 0) is 11.3 Å². The highest BCUT2D eigenvalue weighted by atomic mass is 16.2. The summed E-state index contributed by atoms with van der Waals surface area (Å²) in [6, 6.07) is 18.9. The first kappa shape index (κ1) is 20.4. The fourth-order valence-corrected chi connectivity index (χ4v) is 4.72. The minimum absolute atomic E-state index is 0.00408. The second kappa shape index (κ2) is 9.33. The minimum Gasteiger partial charge on any atom is -0.369 e. The predicted molar refractivity (Wildman–Crippen MR) is 121 cm³/mol. The second-order valence-electron chi connectivity index (χ2n) is 8.52. The summed E-state index contributed by atoms with van der Waals surface area (Å²) in [6.45, 7) is 5.95. The number of hydrazine groups is 1. The minimum atomic E-state index is -0.221. The number of anilines is 1. The summed E-state index contributed by atoms with van der Waals surface area (Å²) in [6.07, 6.45) is -0.211. The van der Waals surface area contributed by atoms with Gasteiger partial charge in [-0.15, -0.1) is 0 Å². The summed E-state index contributed by atoms with van der Waals surface area (Å²) in [7, 11) is 0. The summed E-state index contributed by atoms with van der Waals surface area (Å²) in [5.41, 5.74) is 9.28. The number of rotatable bonds is 5. The maximum absolute atomic E-state index is 12.6. The van der Waals surface area contributed by atoms with Crippen molar-refractivity contribution in [3.63, 3.8) is 0 Å². The molecule has 0 spiro atoms. The first-order valence-corrected chi connectivity index (χ1v) is 11.1. The van der Waals surface area contributed by atoms with E-state index in [1.54, 1.807) is 0 Å². The fraction of sp³-hybridized carbons (Fsp3) is 0.435. The van der Waals surface area contributed by atoms with E-state index in [1.165, 1.54) is 5.56 Å². The maximum atomic E-state index is 12.6. The van der Waals surface area contributed by atoms with Crippen LogP contribution in [-0.4, -0.2) is 55.7 Å². The Kier molecular flexibility index (Phi) is 6.15. The maximum Gasteiger partial charge on any atom is 0.242 e. The van der Waals surface area contributed by atoms with E-state index in [1.807, 2.05) is 18.2 Å². The van der Waals surface area contributed by atoms with Crippen molar-refractivity contribution in [2.45, 2.75) is 24.9 Å². The predicted octanol–water partition coefficient (Wildman–Crippen LogP) is 0.341. The van der Waals surface area contributed by atoms with Gasteiger partial charge in [-0.25, -0.2) is 5.43 Å². The second-order valence-corrected chi connectivity index (χ2v) is 8.52. The van der Waals surface area contributed by atoms with Crippen molar-refractivity contribution in [3.05, 3.63) is 65.7 Å². The molecule has 4 unspecified atom stereocenters. The molecule has 0 radical (unpaired) electrons. The van der Waals surface area contributed by atoms with Crippen LogP contribution >= 0.6 is 0 Å². The van der Waals surface area contributed by atoms with Crippen LogP contribution < -0.4 is 32.1 Å². The number of nitrogens with one attached hydrogen (secondary N) is 6. The Morgan fingerprint density at radius 2 is 1.74 bits per heavy atom. The van der Waals surface area contributed by atoms with Crippen LogP contribution in [0.5, 0.6) is 0 Å². The van der Waals surface area contributed by atoms with E-state index >= 15 is 0 Å². The molecule has 0 aliphatic carbocycles. The Morgan fingerprint density at radius 1 is 0.968 bits per heavy atom. The van der Waals surface area contributed by atoms with Gasteiger partial charge in [-0.1, -0.05) is 42.5 Å². The molecule has 6 N–H and O–H groups in total. The molecular weight excluding hydrogens is 390 g/mol. The number of carbonyl (C=O) groups excluding carboxylic acids is 1. The van der Waals surface area contributed by atoms with Gasteiger partial charge in [0.2, 0.25) is 5.91 Å². The normalized spacial score (nSPS) is 29.1. The van der Waals surface area contributed by atoms with Gasteiger partial charge in [-0.3, -0.25) is 25.8 Å². The Balaban J connectivity index is 1.30. The zero-order valence-electron chi connectivity index (χ0n) is 17.6. The van der Waals surface area contributed by atoms with Gasteiger partial charge in [0, 0.05) is 51.0 Å². The van der Waals surface area contributed by atoms with Crippen molar-refractivity contribution in [3.8, 4) is 0 Å². The molecule has 31 heavy (non-hydrogen) atoms. The summed E-state index contributed by atoms with van der Waals surface area (Å²) in [5.74, 6) is -0.225. The van der Waals surface area contributed by atoms with E-state index in [9.17, 15) is 4.79 Å². The lowest BCUT2D eigenvalue weighted by Gasteiger charge is -2.46. The summed E-state index contributed by atoms with van der Waals surface area (Å²) >= 11 is 0. The third-order valence-electron chi connectivity index (χ3n) is 6.38. The lowest BCUT2D eigenvalue weighted by Crippen LogP contribution is -2.71. The van der Waals surface area contributed by atoms with Gasteiger partial charge in [0.25, 0.3) is 0 Å². The molecule has 5 rings (SSSR count). The van der Waals surface area contributed by atoms with Crippen molar-refractivity contribution < 1.29 is 4.79 Å². The van der Waals surface area contributed by atoms with E-state index in [4.69, 9.17) is 0 Å². The molecule has 4 atom stereocenters. The lowest BCUT2D eigenvalue weighted by atomic mass is 9.89. The Labute approximate surface area is 183 Å². The van der Waals surface area contributed by atoms with Crippen LogP contribution in [0.15, 0.2) is 54.6 Å². The molecule has 0 saturated carbocycles. The molecule has 8 nitrogen and oxygen atoms in total. The van der Waals surface area contributed by atoms with Gasteiger partial charge >= 0.3 is 0 Å². The third-order valence-corrected chi connectivity index (χ3v) is 6.38. The molecule has 3 aliphatic heterocycles. The van der Waals surface area contributed by atoms with Crippen molar-refractivity contribution in [1.82, 2.24) is 31.7 Å². The number of amides is 1. The van der Waals surface area contributed by atoms with Gasteiger partial charge in [0.1, 0.15) is 0 Å². The van der Waals surface area contributed by atoms with Crippen molar-refractivity contribution >= 4 is 11.6 Å². The summed E-state index contributed by atoms with van der Waals surface area (Å²) < 4.78 is 0. The average Bonchev–Trinajstić information content (AvgIpc) is 2.81. The van der Waals surface area contributed by atoms with E-state index in [0.717, 1.165) is 44.0 Å². The Hall–Kier alpha value is -2.49. The number of carbonyl (C=O) groups is 1. The summed E-state index contributed by atoms with van der Waals surface area (Å²) in [4.78, 5) is 15.1. The zero-order valence-corrected chi connectivity index (χ0v) is 17.6. The highest BCUT2D eigenvalue weighted by Crippen LogP contribution is 2.25. The Bertz CT molecular complexity index is 869. The van der Waals surface area contributed by atoms with Gasteiger partial charge in [0.15, 0.2) is 0 Å². The molecule has 1 amide bonds. The molecule has 2 aromatic carbocycles. The number of piperazine rings is 1. The van der Waals surface area contributed by atoms with E-state index in [0.29, 0.717) is 6.54 Å². The molecule has 0 bridgehead atoms. The number of fused-ring (bicyclic) bond motifs is 1. The molecule has 3 saturated heterocycles. The first-order chi connectivity index (χ1) is 15.3. The van der Waals surface area contributed by atoms with Gasteiger partial charge < -0.3 is 10.6 Å². The molecular formula is C23H31N7O. The van der Waals surface area contributed by atoms with E-state index in [2.05, 4.69) is 73.4 Å². The van der Waals surface area contributed by atoms with Crippen LogP contribution in [0.2, 0.25) is 0 Å². The van der Waals surface area contributed by atoms with Crippen LogP contribution in [0, 0.1) is 5.92 Å². The monoisotopic (exact) mass is 421 g/mol.